The molecule has 0 spiro atoms. The van der Waals surface area contributed by atoms with E-state index in [1.54, 1.807) is 17.0 Å². The van der Waals surface area contributed by atoms with Gasteiger partial charge >= 0.3 is 0 Å². The third-order valence-electron chi connectivity index (χ3n) is 3.31. The van der Waals surface area contributed by atoms with Crippen LogP contribution in [0.4, 0.5) is 0 Å². The highest BCUT2D eigenvalue weighted by Gasteiger charge is 2.25. The summed E-state index contributed by atoms with van der Waals surface area (Å²) in [5.74, 6) is -0.0662. The maximum Gasteiger partial charge on any atom is 0.257 e. The minimum absolute atomic E-state index is 0.0368. The topological polar surface area (TPSA) is 52.6 Å². The Kier molecular flexibility index (Phi) is 4.24. The predicted molar refractivity (Wildman–Crippen MR) is 73.8 cm³/mol. The van der Waals surface area contributed by atoms with Crippen LogP contribution in [0, 0.1) is 0 Å². The molecule has 1 aliphatic heterocycles. The van der Waals surface area contributed by atoms with Crippen molar-refractivity contribution in [3.63, 3.8) is 0 Å². The van der Waals surface area contributed by atoms with Gasteiger partial charge < -0.3 is 15.3 Å². The zero-order valence-corrected chi connectivity index (χ0v) is 11.9. The van der Waals surface area contributed by atoms with Crippen LogP contribution in [0.3, 0.4) is 0 Å². The minimum Gasteiger partial charge on any atom is -0.507 e. The molecule has 1 amide bonds. The van der Waals surface area contributed by atoms with Crippen LogP contribution in [0.1, 0.15) is 23.2 Å². The molecule has 2 N–H and O–H groups in total. The molecule has 1 aromatic carbocycles. The number of phenolic OH excluding ortho intramolecular Hbond substituents is 1. The number of nitrogens with one attached hydrogen (secondary N) is 1. The van der Waals surface area contributed by atoms with Crippen molar-refractivity contribution in [3.05, 3.63) is 28.2 Å². The van der Waals surface area contributed by atoms with Gasteiger partial charge in [0.2, 0.25) is 0 Å². The molecule has 0 bridgehead atoms. The lowest BCUT2D eigenvalue weighted by atomic mass is 10.0. The first kappa shape index (κ1) is 13.4. The Morgan fingerprint density at radius 1 is 1.56 bits per heavy atom. The molecule has 1 fully saturated rings. The SMILES string of the molecule is CNC1CCCN(C(=O)c2cc(Br)ccc2O)C1. The Morgan fingerprint density at radius 2 is 2.33 bits per heavy atom. The van der Waals surface area contributed by atoms with Crippen LogP contribution < -0.4 is 5.32 Å². The van der Waals surface area contributed by atoms with E-state index < -0.39 is 0 Å². The molecule has 4 nitrogen and oxygen atoms in total. The van der Waals surface area contributed by atoms with Crippen molar-refractivity contribution in [2.24, 2.45) is 0 Å². The van der Waals surface area contributed by atoms with Gasteiger partial charge in [-0.1, -0.05) is 15.9 Å². The number of phenols is 1. The van der Waals surface area contributed by atoms with Crippen molar-refractivity contribution in [1.29, 1.82) is 0 Å². The van der Waals surface area contributed by atoms with Crippen molar-refractivity contribution >= 4 is 21.8 Å². The van der Waals surface area contributed by atoms with Gasteiger partial charge in [-0.05, 0) is 38.1 Å². The summed E-state index contributed by atoms with van der Waals surface area (Å²) in [6, 6.07) is 5.27. The van der Waals surface area contributed by atoms with Gasteiger partial charge in [0.1, 0.15) is 5.75 Å². The van der Waals surface area contributed by atoms with Crippen LogP contribution in [-0.4, -0.2) is 42.1 Å². The first-order valence-corrected chi connectivity index (χ1v) is 6.86. The number of halogens is 1. The molecule has 2 rings (SSSR count). The van der Waals surface area contributed by atoms with Gasteiger partial charge in [-0.15, -0.1) is 0 Å². The molecule has 0 radical (unpaired) electrons. The van der Waals surface area contributed by atoms with E-state index in [1.807, 2.05) is 7.05 Å². The van der Waals surface area contributed by atoms with Gasteiger partial charge in [0.05, 0.1) is 5.56 Å². The van der Waals surface area contributed by atoms with Gasteiger partial charge in [-0.3, -0.25) is 4.79 Å². The molecule has 1 aliphatic rings. The Bertz CT molecular complexity index is 451. The number of piperidine rings is 1. The molecule has 18 heavy (non-hydrogen) atoms. The molecular weight excluding hydrogens is 296 g/mol. The number of likely N-dealkylation sites (tertiary alicyclic amines) is 1. The molecule has 5 heteroatoms. The monoisotopic (exact) mass is 312 g/mol. The number of benzene rings is 1. The van der Waals surface area contributed by atoms with Gasteiger partial charge in [0.25, 0.3) is 5.91 Å². The maximum atomic E-state index is 12.4. The Hall–Kier alpha value is -1.07. The minimum atomic E-state index is -0.103. The standard InChI is InChI=1S/C13H17BrN2O2/c1-15-10-3-2-6-16(8-10)13(18)11-7-9(14)4-5-12(11)17/h4-5,7,10,15,17H,2-3,6,8H2,1H3. The number of hydrogen-bond acceptors (Lipinski definition) is 3. The molecule has 1 saturated heterocycles. The van der Waals surface area contributed by atoms with Crippen LogP contribution in [0.25, 0.3) is 0 Å². The summed E-state index contributed by atoms with van der Waals surface area (Å²) in [5, 5.41) is 13.0. The van der Waals surface area contributed by atoms with E-state index >= 15 is 0 Å². The second-order valence-corrected chi connectivity index (χ2v) is 5.46. The van der Waals surface area contributed by atoms with Crippen molar-refractivity contribution in [2.45, 2.75) is 18.9 Å². The number of carbonyl (C=O) groups is 1. The Labute approximate surface area is 115 Å². The predicted octanol–water partition coefficient (Wildman–Crippen LogP) is 1.98. The Balaban J connectivity index is 2.17. The van der Waals surface area contributed by atoms with E-state index in [1.165, 1.54) is 6.07 Å². The van der Waals surface area contributed by atoms with Gasteiger partial charge in [0, 0.05) is 23.6 Å². The Morgan fingerprint density at radius 3 is 3.06 bits per heavy atom. The van der Waals surface area contributed by atoms with Crippen molar-refractivity contribution in [1.82, 2.24) is 10.2 Å². The molecule has 1 aromatic rings. The lowest BCUT2D eigenvalue weighted by Gasteiger charge is -2.32. The number of hydrogen-bond donors (Lipinski definition) is 2. The first-order valence-electron chi connectivity index (χ1n) is 6.07. The van der Waals surface area contributed by atoms with E-state index in [-0.39, 0.29) is 11.7 Å². The molecule has 0 saturated carbocycles. The zero-order valence-electron chi connectivity index (χ0n) is 10.3. The molecule has 98 valence electrons. The van der Waals surface area contributed by atoms with Crippen LogP contribution in [0.2, 0.25) is 0 Å². The summed E-state index contributed by atoms with van der Waals surface area (Å²) < 4.78 is 0.797. The average molecular weight is 313 g/mol. The number of carbonyl (C=O) groups excluding carboxylic acids is 1. The quantitative estimate of drug-likeness (QED) is 0.878. The lowest BCUT2D eigenvalue weighted by Crippen LogP contribution is -2.46. The van der Waals surface area contributed by atoms with Crippen LogP contribution >= 0.6 is 15.9 Å². The molecule has 1 atom stereocenters. The molecule has 0 aliphatic carbocycles. The number of amides is 1. The fourth-order valence-corrected chi connectivity index (χ4v) is 2.61. The maximum absolute atomic E-state index is 12.4. The van der Waals surface area contributed by atoms with Crippen LogP contribution in [0.15, 0.2) is 22.7 Å². The highest BCUT2D eigenvalue weighted by atomic mass is 79.9. The summed E-state index contributed by atoms with van der Waals surface area (Å²) in [6.45, 7) is 1.45. The zero-order chi connectivity index (χ0) is 13.1. The number of nitrogens with zero attached hydrogens (tertiary/aromatic N) is 1. The summed E-state index contributed by atoms with van der Waals surface area (Å²) in [4.78, 5) is 14.1. The van der Waals surface area contributed by atoms with Crippen LogP contribution in [0.5, 0.6) is 5.75 Å². The summed E-state index contributed by atoms with van der Waals surface area (Å²) in [6.07, 6.45) is 2.08. The summed E-state index contributed by atoms with van der Waals surface area (Å²) in [7, 11) is 1.91. The third kappa shape index (κ3) is 2.84. The van der Waals surface area contributed by atoms with E-state index in [2.05, 4.69) is 21.2 Å². The van der Waals surface area contributed by atoms with Gasteiger partial charge in [0.15, 0.2) is 0 Å². The van der Waals surface area contributed by atoms with E-state index in [0.717, 1.165) is 23.9 Å². The highest BCUT2D eigenvalue weighted by molar-refractivity contribution is 9.10. The fourth-order valence-electron chi connectivity index (χ4n) is 2.25. The van der Waals surface area contributed by atoms with E-state index in [9.17, 15) is 9.90 Å². The van der Waals surface area contributed by atoms with Crippen molar-refractivity contribution in [2.75, 3.05) is 20.1 Å². The summed E-state index contributed by atoms with van der Waals surface area (Å²) in [5.41, 5.74) is 0.362. The average Bonchev–Trinajstić information content (AvgIpc) is 2.41. The van der Waals surface area contributed by atoms with Gasteiger partial charge in [-0.25, -0.2) is 0 Å². The summed E-state index contributed by atoms with van der Waals surface area (Å²) >= 11 is 3.32. The molecule has 1 unspecified atom stereocenters. The smallest absolute Gasteiger partial charge is 0.257 e. The molecule has 1 heterocycles. The number of aromatic hydroxyl groups is 1. The van der Waals surface area contributed by atoms with Gasteiger partial charge in [-0.2, -0.15) is 0 Å². The second-order valence-electron chi connectivity index (χ2n) is 4.54. The highest BCUT2D eigenvalue weighted by Crippen LogP contribution is 2.24. The normalized spacial score (nSPS) is 19.9. The van der Waals surface area contributed by atoms with E-state index in [0.29, 0.717) is 18.2 Å². The second kappa shape index (κ2) is 5.71. The fraction of sp³-hybridized carbons (Fsp3) is 0.462. The van der Waals surface area contributed by atoms with Crippen molar-refractivity contribution in [3.8, 4) is 5.75 Å². The molecule has 0 aromatic heterocycles. The first-order chi connectivity index (χ1) is 8.61. The molecular formula is C13H17BrN2O2. The third-order valence-corrected chi connectivity index (χ3v) is 3.80. The number of likely N-dealkylation sites (N-methyl/N-ethyl adjacent to an activating group) is 1. The largest absolute Gasteiger partial charge is 0.507 e. The lowest BCUT2D eigenvalue weighted by molar-refractivity contribution is 0.0695. The van der Waals surface area contributed by atoms with Crippen molar-refractivity contribution < 1.29 is 9.90 Å². The number of rotatable bonds is 2. The van der Waals surface area contributed by atoms with E-state index in [4.69, 9.17) is 0 Å². The van der Waals surface area contributed by atoms with Crippen LogP contribution in [-0.2, 0) is 0 Å².